The Labute approximate surface area is 109 Å². The first-order valence-corrected chi connectivity index (χ1v) is 6.54. The molecule has 2 heterocycles. The Morgan fingerprint density at radius 3 is 2.89 bits per heavy atom. The number of nitrogens with one attached hydrogen (secondary N) is 1. The van der Waals surface area contributed by atoms with Crippen LogP contribution in [0, 0.1) is 18.3 Å². The lowest BCUT2D eigenvalue weighted by Crippen LogP contribution is -2.37. The van der Waals surface area contributed by atoms with Gasteiger partial charge in [-0.05, 0) is 32.4 Å². The number of pyridine rings is 1. The molecule has 1 N–H and O–H groups in total. The molecule has 1 aliphatic rings. The van der Waals surface area contributed by atoms with Gasteiger partial charge in [0.25, 0.3) is 0 Å². The van der Waals surface area contributed by atoms with Crippen LogP contribution in [0.1, 0.15) is 37.8 Å². The third-order valence-electron chi connectivity index (χ3n) is 2.81. The van der Waals surface area contributed by atoms with Crippen LogP contribution in [0.25, 0.3) is 0 Å². The van der Waals surface area contributed by atoms with E-state index in [1.807, 2.05) is 20.8 Å². The predicted octanol–water partition coefficient (Wildman–Crippen LogP) is 2.42. The van der Waals surface area contributed by atoms with E-state index < -0.39 is 0 Å². The fourth-order valence-electron chi connectivity index (χ4n) is 1.83. The van der Waals surface area contributed by atoms with Crippen LogP contribution in [-0.4, -0.2) is 24.2 Å². The quantitative estimate of drug-likeness (QED) is 0.872. The Hall–Kier alpha value is -1.60. The van der Waals surface area contributed by atoms with Crippen molar-refractivity contribution < 1.29 is 4.74 Å². The Bertz CT molecular complexity index is 406. The van der Waals surface area contributed by atoms with Crippen LogP contribution in [-0.2, 0) is 0 Å². The number of hydrogen-bond acceptors (Lipinski definition) is 4. The lowest BCUT2D eigenvalue weighted by Gasteiger charge is -2.24. The minimum absolute atomic E-state index is 0.175. The van der Waals surface area contributed by atoms with Crippen molar-refractivity contribution in [3.05, 3.63) is 23.4 Å². The summed E-state index contributed by atoms with van der Waals surface area (Å²) in [5, 5.41) is 12.2. The van der Waals surface area contributed by atoms with Gasteiger partial charge in [0.05, 0.1) is 11.6 Å². The van der Waals surface area contributed by atoms with Gasteiger partial charge >= 0.3 is 0 Å². The first-order valence-electron chi connectivity index (χ1n) is 6.54. The largest absolute Gasteiger partial charge is 0.473 e. The van der Waals surface area contributed by atoms with E-state index in [1.165, 1.54) is 0 Å². The molecule has 0 saturated carbocycles. The molecule has 1 atom stereocenters. The summed E-state index contributed by atoms with van der Waals surface area (Å²) < 4.78 is 5.80. The topological polar surface area (TPSA) is 57.9 Å². The van der Waals surface area contributed by atoms with Crippen LogP contribution < -0.4 is 10.1 Å². The fraction of sp³-hybridized carbons (Fsp3) is 0.571. The third-order valence-corrected chi connectivity index (χ3v) is 2.81. The Balaban J connectivity index is 0.000000771. The summed E-state index contributed by atoms with van der Waals surface area (Å²) in [6, 6.07) is 3.85. The molecule has 4 heteroatoms. The maximum atomic E-state index is 8.90. The maximum absolute atomic E-state index is 8.90. The molecule has 0 aromatic carbocycles. The Morgan fingerprint density at radius 2 is 2.28 bits per heavy atom. The summed E-state index contributed by atoms with van der Waals surface area (Å²) >= 11 is 0. The summed E-state index contributed by atoms with van der Waals surface area (Å²) in [5.41, 5.74) is 1.46. The molecule has 0 amide bonds. The second-order valence-electron chi connectivity index (χ2n) is 3.99. The molecule has 2 rings (SSSR count). The van der Waals surface area contributed by atoms with E-state index >= 15 is 0 Å². The molecule has 1 aliphatic heterocycles. The van der Waals surface area contributed by atoms with Gasteiger partial charge in [0.2, 0.25) is 5.88 Å². The van der Waals surface area contributed by atoms with Gasteiger partial charge in [0.15, 0.2) is 0 Å². The van der Waals surface area contributed by atoms with Crippen molar-refractivity contribution in [1.29, 1.82) is 5.26 Å². The smallest absolute Gasteiger partial charge is 0.217 e. The molecular weight excluding hydrogens is 226 g/mol. The average molecular weight is 247 g/mol. The van der Waals surface area contributed by atoms with Gasteiger partial charge in [-0.15, -0.1) is 0 Å². The molecular formula is C14H21N3O. The lowest BCUT2D eigenvalue weighted by molar-refractivity contribution is 0.159. The molecule has 0 spiro atoms. The van der Waals surface area contributed by atoms with Gasteiger partial charge in [0.1, 0.15) is 6.10 Å². The average Bonchev–Trinajstić information content (AvgIpc) is 2.44. The Morgan fingerprint density at radius 1 is 1.50 bits per heavy atom. The van der Waals surface area contributed by atoms with E-state index in [-0.39, 0.29) is 6.10 Å². The van der Waals surface area contributed by atoms with E-state index in [2.05, 4.69) is 16.4 Å². The van der Waals surface area contributed by atoms with E-state index in [0.29, 0.717) is 11.4 Å². The Kier molecular flexibility index (Phi) is 6.16. The highest BCUT2D eigenvalue weighted by molar-refractivity contribution is 5.41. The van der Waals surface area contributed by atoms with E-state index in [0.717, 1.165) is 31.5 Å². The molecule has 1 saturated heterocycles. The molecule has 18 heavy (non-hydrogen) atoms. The minimum Gasteiger partial charge on any atom is -0.473 e. The van der Waals surface area contributed by atoms with Crippen molar-refractivity contribution in [3.8, 4) is 11.9 Å². The van der Waals surface area contributed by atoms with Crippen molar-refractivity contribution in [2.45, 2.75) is 39.7 Å². The number of nitriles is 1. The molecule has 1 aromatic heterocycles. The highest BCUT2D eigenvalue weighted by atomic mass is 16.5. The highest BCUT2D eigenvalue weighted by Gasteiger charge is 2.16. The number of nitrogens with zero attached hydrogens (tertiary/aromatic N) is 2. The van der Waals surface area contributed by atoms with Crippen molar-refractivity contribution >= 4 is 0 Å². The van der Waals surface area contributed by atoms with Crippen LogP contribution in [0.5, 0.6) is 5.88 Å². The van der Waals surface area contributed by atoms with Crippen molar-refractivity contribution in [2.75, 3.05) is 13.1 Å². The monoisotopic (exact) mass is 247 g/mol. The molecule has 1 aromatic rings. The molecule has 0 aliphatic carbocycles. The molecule has 4 nitrogen and oxygen atoms in total. The van der Waals surface area contributed by atoms with Crippen molar-refractivity contribution in [3.63, 3.8) is 0 Å². The standard InChI is InChI=1S/C12H15N3O.C2H6/c1-9-10(7-13)4-6-15-12(9)16-11-3-2-5-14-8-11;1-2/h4,6,11,14H,2-3,5,8H2,1H3;1-2H3. The number of piperidine rings is 1. The van der Waals surface area contributed by atoms with Crippen molar-refractivity contribution in [1.82, 2.24) is 10.3 Å². The van der Waals surface area contributed by atoms with Gasteiger partial charge in [-0.2, -0.15) is 5.26 Å². The second-order valence-corrected chi connectivity index (χ2v) is 3.99. The van der Waals surface area contributed by atoms with Crippen LogP contribution in [0.4, 0.5) is 0 Å². The van der Waals surface area contributed by atoms with Crippen LogP contribution in [0.3, 0.4) is 0 Å². The zero-order valence-electron chi connectivity index (χ0n) is 11.4. The normalized spacial score (nSPS) is 18.2. The van der Waals surface area contributed by atoms with Crippen LogP contribution in [0.15, 0.2) is 12.3 Å². The first-order chi connectivity index (χ1) is 8.81. The zero-order valence-corrected chi connectivity index (χ0v) is 11.4. The zero-order chi connectivity index (χ0) is 13.4. The van der Waals surface area contributed by atoms with Crippen LogP contribution in [0.2, 0.25) is 0 Å². The van der Waals surface area contributed by atoms with Crippen LogP contribution >= 0.6 is 0 Å². The molecule has 1 unspecified atom stereocenters. The van der Waals surface area contributed by atoms with E-state index in [1.54, 1.807) is 12.3 Å². The van der Waals surface area contributed by atoms with E-state index in [9.17, 15) is 0 Å². The SMILES string of the molecule is CC.Cc1c(C#N)ccnc1OC1CCCNC1. The molecule has 0 bridgehead atoms. The summed E-state index contributed by atoms with van der Waals surface area (Å²) in [6.45, 7) is 7.79. The van der Waals surface area contributed by atoms with Gasteiger partial charge < -0.3 is 10.1 Å². The van der Waals surface area contributed by atoms with Gasteiger partial charge in [-0.3, -0.25) is 0 Å². The van der Waals surface area contributed by atoms with Gasteiger partial charge in [-0.25, -0.2) is 4.98 Å². The van der Waals surface area contributed by atoms with Gasteiger partial charge in [-0.1, -0.05) is 13.8 Å². The fourth-order valence-corrected chi connectivity index (χ4v) is 1.83. The van der Waals surface area contributed by atoms with Gasteiger partial charge in [0, 0.05) is 18.3 Å². The number of hydrogen-bond donors (Lipinski definition) is 1. The lowest BCUT2D eigenvalue weighted by atomic mass is 10.1. The third kappa shape index (κ3) is 3.71. The maximum Gasteiger partial charge on any atom is 0.217 e. The molecule has 0 radical (unpaired) electrons. The second kappa shape index (κ2) is 7.67. The summed E-state index contributed by atoms with van der Waals surface area (Å²) in [6.07, 6.45) is 3.97. The first kappa shape index (κ1) is 14.5. The summed E-state index contributed by atoms with van der Waals surface area (Å²) in [5.74, 6) is 0.591. The molecule has 98 valence electrons. The highest BCUT2D eigenvalue weighted by Crippen LogP contribution is 2.20. The predicted molar refractivity (Wildman–Crippen MR) is 71.6 cm³/mol. The number of aromatic nitrogens is 1. The van der Waals surface area contributed by atoms with Crippen molar-refractivity contribution in [2.24, 2.45) is 0 Å². The minimum atomic E-state index is 0.175. The summed E-state index contributed by atoms with van der Waals surface area (Å²) in [4.78, 5) is 4.18. The summed E-state index contributed by atoms with van der Waals surface area (Å²) in [7, 11) is 0. The number of ether oxygens (including phenoxy) is 1. The van der Waals surface area contributed by atoms with E-state index in [4.69, 9.17) is 10.00 Å². The number of rotatable bonds is 2. The molecule has 1 fully saturated rings.